The average molecular weight is 238 g/mol. The van der Waals surface area contributed by atoms with Crippen molar-refractivity contribution >= 4 is 23.7 Å². The number of benzene rings is 1. The Balaban J connectivity index is 3.05. The predicted octanol–water partition coefficient (Wildman–Crippen LogP) is -0.511. The first-order chi connectivity index (χ1) is 7.91. The van der Waals surface area contributed by atoms with E-state index in [-0.39, 0.29) is 16.5 Å². The summed E-state index contributed by atoms with van der Waals surface area (Å²) in [6, 6.07) is 5.17. The zero-order valence-electron chi connectivity index (χ0n) is 8.40. The van der Waals surface area contributed by atoms with Crippen LogP contribution in [0.15, 0.2) is 29.8 Å². The van der Waals surface area contributed by atoms with Gasteiger partial charge < -0.3 is 15.0 Å². The molecular formula is C10H8NO6-. The summed E-state index contributed by atoms with van der Waals surface area (Å²) in [5.41, 5.74) is -0.563. The van der Waals surface area contributed by atoms with Crippen molar-refractivity contribution in [1.29, 1.82) is 0 Å². The van der Waals surface area contributed by atoms with Crippen LogP contribution in [0.25, 0.3) is 6.08 Å². The third-order valence-corrected chi connectivity index (χ3v) is 1.89. The van der Waals surface area contributed by atoms with Crippen LogP contribution in [0, 0.1) is 0 Å². The van der Waals surface area contributed by atoms with E-state index in [2.05, 4.69) is 0 Å². The molecule has 0 saturated heterocycles. The summed E-state index contributed by atoms with van der Waals surface area (Å²) in [6.45, 7) is 0. The van der Waals surface area contributed by atoms with E-state index in [1.165, 1.54) is 24.3 Å². The quantitative estimate of drug-likeness (QED) is 0.279. The van der Waals surface area contributed by atoms with E-state index in [0.29, 0.717) is 0 Å². The molecule has 0 radical (unpaired) electrons. The summed E-state index contributed by atoms with van der Waals surface area (Å²) >= 11 is 0. The molecule has 0 spiro atoms. The highest BCUT2D eigenvalue weighted by Gasteiger charge is 2.08. The topological polar surface area (TPSA) is 121 Å². The van der Waals surface area contributed by atoms with Gasteiger partial charge in [0.1, 0.15) is 0 Å². The number of carboxylic acid groups (broad SMARTS) is 2. The Hall–Kier alpha value is -2.38. The van der Waals surface area contributed by atoms with E-state index in [4.69, 9.17) is 15.5 Å². The van der Waals surface area contributed by atoms with Gasteiger partial charge in [0.2, 0.25) is 0 Å². The van der Waals surface area contributed by atoms with Crippen molar-refractivity contribution in [2.45, 2.75) is 0 Å². The van der Waals surface area contributed by atoms with Crippen LogP contribution < -0.4 is 10.3 Å². The minimum absolute atomic E-state index is 0.0486. The Morgan fingerprint density at radius 2 is 1.71 bits per heavy atom. The second-order valence-corrected chi connectivity index (χ2v) is 3.03. The molecule has 7 nitrogen and oxygen atoms in total. The van der Waals surface area contributed by atoms with E-state index >= 15 is 0 Å². The maximum absolute atomic E-state index is 10.5. The van der Waals surface area contributed by atoms with E-state index in [1.54, 1.807) is 0 Å². The van der Waals surface area contributed by atoms with Crippen LogP contribution in [-0.4, -0.2) is 27.5 Å². The molecule has 0 aliphatic rings. The van der Waals surface area contributed by atoms with Gasteiger partial charge in [0, 0.05) is 0 Å². The number of anilines is 1. The molecule has 3 N–H and O–H groups in total. The number of carboxylic acids is 2. The van der Waals surface area contributed by atoms with Gasteiger partial charge in [0.25, 0.3) is 0 Å². The molecule has 0 bridgehead atoms. The van der Waals surface area contributed by atoms with E-state index < -0.39 is 17.5 Å². The lowest BCUT2D eigenvalue weighted by molar-refractivity contribution is -0.298. The number of rotatable bonds is 4. The Bertz CT molecular complexity index is 446. The fourth-order valence-corrected chi connectivity index (χ4v) is 1.08. The summed E-state index contributed by atoms with van der Waals surface area (Å²) in [7, 11) is 0. The van der Waals surface area contributed by atoms with Gasteiger partial charge in [-0.1, -0.05) is 12.1 Å². The molecule has 0 amide bonds. The third kappa shape index (κ3) is 3.30. The number of carbonyl (C=O) groups excluding carboxylic acids is 1. The molecule has 1 aromatic carbocycles. The van der Waals surface area contributed by atoms with E-state index in [0.717, 1.165) is 6.08 Å². The van der Waals surface area contributed by atoms with E-state index in [9.17, 15) is 14.7 Å². The highest BCUT2D eigenvalue weighted by atomic mass is 16.8. The highest BCUT2D eigenvalue weighted by molar-refractivity contribution is 6.15. The van der Waals surface area contributed by atoms with Crippen molar-refractivity contribution in [3.8, 4) is 0 Å². The Morgan fingerprint density at radius 3 is 2.06 bits per heavy atom. The van der Waals surface area contributed by atoms with Gasteiger partial charge in [-0.05, 0) is 23.8 Å². The van der Waals surface area contributed by atoms with Gasteiger partial charge >= 0.3 is 5.97 Å². The van der Waals surface area contributed by atoms with Gasteiger partial charge in [-0.15, -0.1) is 5.23 Å². The van der Waals surface area contributed by atoms with Gasteiger partial charge in [-0.2, -0.15) is 0 Å². The van der Waals surface area contributed by atoms with Crippen LogP contribution >= 0.6 is 0 Å². The molecule has 0 aromatic heterocycles. The van der Waals surface area contributed by atoms with Gasteiger partial charge in [-0.3, -0.25) is 10.4 Å². The zero-order valence-corrected chi connectivity index (χ0v) is 8.40. The van der Waals surface area contributed by atoms with Crippen LogP contribution in [0.2, 0.25) is 0 Å². The fourth-order valence-electron chi connectivity index (χ4n) is 1.08. The summed E-state index contributed by atoms with van der Waals surface area (Å²) in [5, 5.41) is 36.2. The van der Waals surface area contributed by atoms with Crippen LogP contribution in [0.3, 0.4) is 0 Å². The lowest BCUT2D eigenvalue weighted by atomic mass is 10.1. The number of carbonyl (C=O) groups is 2. The summed E-state index contributed by atoms with van der Waals surface area (Å²) < 4.78 is 0. The van der Waals surface area contributed by atoms with Gasteiger partial charge in [0.05, 0.1) is 17.2 Å². The minimum Gasteiger partial charge on any atom is -0.545 e. The summed E-state index contributed by atoms with van der Waals surface area (Å²) in [6.07, 6.45) is 0.903. The maximum atomic E-state index is 10.5. The smallest absolute Gasteiger partial charge is 0.337 e. The molecular weight excluding hydrogens is 230 g/mol. The zero-order chi connectivity index (χ0) is 13.0. The van der Waals surface area contributed by atoms with Crippen LogP contribution in [0.1, 0.15) is 5.56 Å². The van der Waals surface area contributed by atoms with Gasteiger partial charge in [-0.25, -0.2) is 4.79 Å². The third-order valence-electron chi connectivity index (χ3n) is 1.89. The fraction of sp³-hybridized carbons (Fsp3) is 0. The summed E-state index contributed by atoms with van der Waals surface area (Å²) in [5.74, 6) is -3.41. The van der Waals surface area contributed by atoms with Crippen LogP contribution in [0.4, 0.5) is 5.69 Å². The van der Waals surface area contributed by atoms with Gasteiger partial charge in [0.15, 0.2) is 0 Å². The molecule has 1 aromatic rings. The van der Waals surface area contributed by atoms with Crippen LogP contribution in [-0.2, 0) is 9.59 Å². The Morgan fingerprint density at radius 1 is 1.18 bits per heavy atom. The lowest BCUT2D eigenvalue weighted by Crippen LogP contribution is -2.28. The molecule has 7 heteroatoms. The maximum Gasteiger partial charge on any atom is 0.337 e. The molecule has 17 heavy (non-hydrogen) atoms. The molecule has 1 rings (SSSR count). The summed E-state index contributed by atoms with van der Waals surface area (Å²) in [4.78, 5) is 21.0. The van der Waals surface area contributed by atoms with E-state index in [1.807, 2.05) is 0 Å². The Labute approximate surface area is 95.4 Å². The van der Waals surface area contributed by atoms with Crippen molar-refractivity contribution < 1.29 is 30.2 Å². The molecule has 0 heterocycles. The number of aliphatic carboxylic acids is 2. The largest absolute Gasteiger partial charge is 0.545 e. The number of hydrogen-bond donors (Lipinski definition) is 3. The normalized spacial score (nSPS) is 11.1. The Kier molecular flexibility index (Phi) is 3.81. The molecule has 0 aliphatic carbocycles. The van der Waals surface area contributed by atoms with Crippen LogP contribution in [0.5, 0.6) is 0 Å². The molecule has 0 aliphatic heterocycles. The standard InChI is InChI=1S/C10H9NO6/c12-9(13)8(10(14)15)5-6-1-3-7(4-2-6)11(16)17/h1-5,16-17H,(H,12,13)(H,14,15)/p-1. The van der Waals surface area contributed by atoms with Crippen molar-refractivity contribution in [2.24, 2.45) is 0 Å². The van der Waals surface area contributed by atoms with Crippen molar-refractivity contribution in [2.75, 3.05) is 5.23 Å². The molecule has 0 atom stereocenters. The molecule has 90 valence electrons. The highest BCUT2D eigenvalue weighted by Crippen LogP contribution is 2.14. The SMILES string of the molecule is O=C([O-])C(=Cc1ccc(N(O)O)cc1)C(=O)O. The second-order valence-electron chi connectivity index (χ2n) is 3.03. The predicted molar refractivity (Wildman–Crippen MR) is 53.1 cm³/mol. The van der Waals surface area contributed by atoms with Crippen molar-refractivity contribution in [3.05, 3.63) is 35.4 Å². The van der Waals surface area contributed by atoms with Crippen molar-refractivity contribution in [1.82, 2.24) is 0 Å². The van der Waals surface area contributed by atoms with Crippen molar-refractivity contribution in [3.63, 3.8) is 0 Å². The first-order valence-corrected chi connectivity index (χ1v) is 4.36. The second kappa shape index (κ2) is 5.10. The molecule has 0 fully saturated rings. The average Bonchev–Trinajstić information content (AvgIpc) is 2.25. The first-order valence-electron chi connectivity index (χ1n) is 4.36. The lowest BCUT2D eigenvalue weighted by Gasteiger charge is -2.08. The molecule has 0 unspecified atom stereocenters. The minimum atomic E-state index is -1.80. The number of nitrogens with zero attached hydrogens (tertiary/aromatic N) is 1. The monoisotopic (exact) mass is 238 g/mol. The first kappa shape index (κ1) is 12.7. The molecule has 0 saturated carbocycles. The number of hydrogen-bond acceptors (Lipinski definition) is 6.